The summed E-state index contributed by atoms with van der Waals surface area (Å²) in [5.41, 5.74) is 4.77. The molecule has 1 fully saturated rings. The van der Waals surface area contributed by atoms with Crippen molar-refractivity contribution >= 4 is 15.9 Å². The van der Waals surface area contributed by atoms with Crippen LogP contribution in [0.15, 0.2) is 28.0 Å². The van der Waals surface area contributed by atoms with Crippen LogP contribution in [-0.2, 0) is 14.8 Å². The van der Waals surface area contributed by atoms with Crippen LogP contribution in [0.25, 0.3) is 0 Å². The fraction of sp³-hybridized carbons (Fsp3) is 0.500. The molecule has 0 atom stereocenters. The second-order valence-electron chi connectivity index (χ2n) is 4.84. The van der Waals surface area contributed by atoms with Crippen LogP contribution >= 0.6 is 0 Å². The molecule has 0 aliphatic heterocycles. The van der Waals surface area contributed by atoms with Gasteiger partial charge in [0.15, 0.2) is 0 Å². The highest BCUT2D eigenvalue weighted by molar-refractivity contribution is 7.89. The van der Waals surface area contributed by atoms with Gasteiger partial charge in [-0.05, 0) is 18.9 Å². The molecule has 20 heavy (non-hydrogen) atoms. The second-order valence-corrected chi connectivity index (χ2v) is 6.73. The fourth-order valence-electron chi connectivity index (χ4n) is 2.45. The second kappa shape index (κ2) is 5.76. The molecule has 0 unspecified atom stereocenters. The van der Waals surface area contributed by atoms with E-state index in [4.69, 9.17) is 5.73 Å². The standard InChI is InChI=1S/C12H17N3O4S/c13-11(16)8-15(9-3-1-2-4-9)20(18,19)10-5-6-12(17)14-7-10/h5-7,9H,1-4,8H2,(H2,13,16)(H,14,17). The minimum Gasteiger partial charge on any atom is -0.369 e. The fourth-order valence-corrected chi connectivity index (χ4v) is 4.07. The summed E-state index contributed by atoms with van der Waals surface area (Å²) in [5.74, 6) is -0.690. The smallest absolute Gasteiger partial charge is 0.247 e. The molecule has 110 valence electrons. The zero-order chi connectivity index (χ0) is 14.8. The quantitative estimate of drug-likeness (QED) is 0.783. The van der Waals surface area contributed by atoms with Crippen molar-refractivity contribution in [2.75, 3.05) is 6.54 Å². The molecule has 0 aromatic carbocycles. The van der Waals surface area contributed by atoms with E-state index >= 15 is 0 Å². The first-order valence-electron chi connectivity index (χ1n) is 6.40. The molecule has 0 spiro atoms. The Kier molecular flexibility index (Phi) is 4.24. The van der Waals surface area contributed by atoms with E-state index in [1.165, 1.54) is 6.07 Å². The van der Waals surface area contributed by atoms with Crippen molar-refractivity contribution < 1.29 is 13.2 Å². The number of carbonyl (C=O) groups is 1. The van der Waals surface area contributed by atoms with Gasteiger partial charge in [0.2, 0.25) is 21.5 Å². The first-order chi connectivity index (χ1) is 9.41. The van der Waals surface area contributed by atoms with E-state index in [2.05, 4.69) is 4.98 Å². The maximum atomic E-state index is 12.6. The molecule has 8 heteroatoms. The number of nitrogens with one attached hydrogen (secondary N) is 1. The molecule has 7 nitrogen and oxygen atoms in total. The zero-order valence-corrected chi connectivity index (χ0v) is 11.7. The SMILES string of the molecule is NC(=O)CN(C1CCCC1)S(=O)(=O)c1ccc(=O)[nH]c1. The van der Waals surface area contributed by atoms with Crippen LogP contribution in [0.3, 0.4) is 0 Å². The summed E-state index contributed by atoms with van der Waals surface area (Å²) in [5, 5.41) is 0. The van der Waals surface area contributed by atoms with Gasteiger partial charge >= 0.3 is 0 Å². The van der Waals surface area contributed by atoms with Crippen molar-refractivity contribution in [3.8, 4) is 0 Å². The van der Waals surface area contributed by atoms with Gasteiger partial charge in [0.1, 0.15) is 0 Å². The van der Waals surface area contributed by atoms with Gasteiger partial charge in [-0.25, -0.2) is 8.42 Å². The normalized spacial score (nSPS) is 16.6. The Morgan fingerprint density at radius 2 is 2.00 bits per heavy atom. The van der Waals surface area contributed by atoms with Crippen LogP contribution in [-0.4, -0.2) is 36.2 Å². The van der Waals surface area contributed by atoms with E-state index in [0.717, 1.165) is 42.3 Å². The van der Waals surface area contributed by atoms with Crippen LogP contribution in [0.2, 0.25) is 0 Å². The van der Waals surface area contributed by atoms with Gasteiger partial charge in [-0.1, -0.05) is 12.8 Å². The van der Waals surface area contributed by atoms with Gasteiger partial charge in [-0.2, -0.15) is 4.31 Å². The molecule has 2 rings (SSSR count). The van der Waals surface area contributed by atoms with Crippen molar-refractivity contribution in [3.63, 3.8) is 0 Å². The molecule has 1 amide bonds. The summed E-state index contributed by atoms with van der Waals surface area (Å²) in [6.45, 7) is -0.341. The topological polar surface area (TPSA) is 113 Å². The lowest BCUT2D eigenvalue weighted by Gasteiger charge is -2.26. The number of primary amides is 1. The molecule has 1 saturated carbocycles. The van der Waals surface area contributed by atoms with Gasteiger partial charge in [-0.3, -0.25) is 9.59 Å². The Bertz CT molecular complexity index is 626. The minimum atomic E-state index is -3.83. The Balaban J connectivity index is 2.37. The molecule has 1 aromatic heterocycles. The number of nitrogens with zero attached hydrogens (tertiary/aromatic N) is 1. The molecule has 0 bridgehead atoms. The highest BCUT2D eigenvalue weighted by atomic mass is 32.2. The largest absolute Gasteiger partial charge is 0.369 e. The molecule has 1 aliphatic rings. The van der Waals surface area contributed by atoms with Gasteiger partial charge in [0, 0.05) is 18.3 Å². The maximum absolute atomic E-state index is 12.6. The maximum Gasteiger partial charge on any atom is 0.247 e. The van der Waals surface area contributed by atoms with Crippen molar-refractivity contribution in [2.45, 2.75) is 36.6 Å². The van der Waals surface area contributed by atoms with E-state index in [1.54, 1.807) is 0 Å². The van der Waals surface area contributed by atoms with Crippen molar-refractivity contribution in [1.29, 1.82) is 0 Å². The summed E-state index contributed by atoms with van der Waals surface area (Å²) in [6, 6.07) is 2.17. The number of aromatic nitrogens is 1. The van der Waals surface area contributed by atoms with E-state index in [1.807, 2.05) is 0 Å². The molecule has 1 heterocycles. The Hall–Kier alpha value is -1.67. The van der Waals surface area contributed by atoms with Crippen LogP contribution < -0.4 is 11.3 Å². The van der Waals surface area contributed by atoms with Crippen LogP contribution in [0.4, 0.5) is 0 Å². The lowest BCUT2D eigenvalue weighted by atomic mass is 10.2. The number of aromatic amines is 1. The number of rotatable bonds is 5. The van der Waals surface area contributed by atoms with Gasteiger partial charge in [0.05, 0.1) is 11.4 Å². The number of pyridine rings is 1. The Morgan fingerprint density at radius 1 is 1.35 bits per heavy atom. The van der Waals surface area contributed by atoms with Gasteiger partial charge < -0.3 is 10.7 Å². The molecule has 0 saturated heterocycles. The van der Waals surface area contributed by atoms with Crippen molar-refractivity contribution in [3.05, 3.63) is 28.7 Å². The summed E-state index contributed by atoms with van der Waals surface area (Å²) in [4.78, 5) is 24.5. The molecule has 3 N–H and O–H groups in total. The molecular weight excluding hydrogens is 282 g/mol. The Morgan fingerprint density at radius 3 is 2.50 bits per heavy atom. The van der Waals surface area contributed by atoms with Crippen molar-refractivity contribution in [1.82, 2.24) is 9.29 Å². The van der Waals surface area contributed by atoms with Crippen LogP contribution in [0, 0.1) is 0 Å². The summed E-state index contributed by atoms with van der Waals surface area (Å²) in [7, 11) is -3.83. The van der Waals surface area contributed by atoms with E-state index < -0.39 is 15.9 Å². The Labute approximate surface area is 116 Å². The molecule has 1 aliphatic carbocycles. The number of sulfonamides is 1. The average molecular weight is 299 g/mol. The third-order valence-electron chi connectivity index (χ3n) is 3.41. The monoisotopic (exact) mass is 299 g/mol. The van der Waals surface area contributed by atoms with Gasteiger partial charge in [-0.15, -0.1) is 0 Å². The summed E-state index contributed by atoms with van der Waals surface area (Å²) < 4.78 is 26.3. The van der Waals surface area contributed by atoms with Crippen molar-refractivity contribution in [2.24, 2.45) is 5.73 Å². The number of carbonyl (C=O) groups excluding carboxylic acids is 1. The predicted octanol–water partition coefficient (Wildman–Crippen LogP) is -0.207. The molecule has 1 aromatic rings. The van der Waals surface area contributed by atoms with E-state index in [0.29, 0.717) is 0 Å². The first kappa shape index (κ1) is 14.7. The first-order valence-corrected chi connectivity index (χ1v) is 7.84. The molecule has 0 radical (unpaired) electrons. The minimum absolute atomic E-state index is 0.0368. The zero-order valence-electron chi connectivity index (χ0n) is 10.9. The van der Waals surface area contributed by atoms with E-state index in [9.17, 15) is 18.0 Å². The third-order valence-corrected chi connectivity index (χ3v) is 5.30. The molecular formula is C12H17N3O4S. The summed E-state index contributed by atoms with van der Waals surface area (Å²) >= 11 is 0. The van der Waals surface area contributed by atoms with Crippen LogP contribution in [0.5, 0.6) is 0 Å². The number of amides is 1. The average Bonchev–Trinajstić information content (AvgIpc) is 2.89. The van der Waals surface area contributed by atoms with E-state index in [-0.39, 0.29) is 23.0 Å². The number of H-pyrrole nitrogens is 1. The number of nitrogens with two attached hydrogens (primary N) is 1. The summed E-state index contributed by atoms with van der Waals surface area (Å²) in [6.07, 6.45) is 4.44. The number of hydrogen-bond acceptors (Lipinski definition) is 4. The third kappa shape index (κ3) is 3.07. The highest BCUT2D eigenvalue weighted by Gasteiger charge is 2.34. The number of hydrogen-bond donors (Lipinski definition) is 2. The predicted molar refractivity (Wildman–Crippen MR) is 72.4 cm³/mol. The van der Waals surface area contributed by atoms with Gasteiger partial charge in [0.25, 0.3) is 0 Å². The lowest BCUT2D eigenvalue weighted by Crippen LogP contribution is -2.44. The lowest BCUT2D eigenvalue weighted by molar-refractivity contribution is -0.118. The highest BCUT2D eigenvalue weighted by Crippen LogP contribution is 2.27. The van der Waals surface area contributed by atoms with Crippen LogP contribution in [0.1, 0.15) is 25.7 Å².